The molecule has 2 aromatic heterocycles. The molecule has 1 aliphatic rings. The SMILES string of the molecule is O=C(c1cccnn1)N1CCCCC1c1ncc(Cc2ccccc2Cl)o1. The van der Waals surface area contributed by atoms with Crippen LogP contribution in [0.5, 0.6) is 0 Å². The number of piperidine rings is 1. The zero-order valence-corrected chi connectivity index (χ0v) is 15.5. The number of rotatable bonds is 4. The standard InChI is InChI=1S/C20H19ClN4O2/c21-16-7-2-1-6-14(16)12-15-13-22-19(27-15)18-9-3-4-11-25(18)20(26)17-8-5-10-23-24-17/h1-2,5-8,10,13,18H,3-4,9,11-12H2. The van der Waals surface area contributed by atoms with E-state index in [1.54, 1.807) is 29.4 Å². The Morgan fingerprint density at radius 3 is 2.93 bits per heavy atom. The van der Waals surface area contributed by atoms with Crippen molar-refractivity contribution in [1.29, 1.82) is 0 Å². The van der Waals surface area contributed by atoms with Gasteiger partial charge in [0, 0.05) is 24.2 Å². The normalized spacial score (nSPS) is 17.1. The molecule has 7 heteroatoms. The van der Waals surface area contributed by atoms with Gasteiger partial charge in [0.05, 0.1) is 6.20 Å². The minimum atomic E-state index is -0.187. The summed E-state index contributed by atoms with van der Waals surface area (Å²) in [5, 5.41) is 8.46. The number of carbonyl (C=O) groups is 1. The van der Waals surface area contributed by atoms with E-state index in [0.29, 0.717) is 29.6 Å². The van der Waals surface area contributed by atoms with Gasteiger partial charge in [-0.3, -0.25) is 4.79 Å². The molecule has 0 spiro atoms. The highest BCUT2D eigenvalue weighted by atomic mass is 35.5. The Labute approximate surface area is 162 Å². The van der Waals surface area contributed by atoms with Crippen molar-refractivity contribution in [2.45, 2.75) is 31.7 Å². The maximum Gasteiger partial charge on any atom is 0.275 e. The summed E-state index contributed by atoms with van der Waals surface area (Å²) >= 11 is 6.23. The highest BCUT2D eigenvalue weighted by molar-refractivity contribution is 6.31. The van der Waals surface area contributed by atoms with Gasteiger partial charge in [-0.15, -0.1) is 5.10 Å². The molecular weight excluding hydrogens is 364 g/mol. The number of benzene rings is 1. The minimum Gasteiger partial charge on any atom is -0.443 e. The summed E-state index contributed by atoms with van der Waals surface area (Å²) in [6, 6.07) is 10.9. The molecule has 0 N–H and O–H groups in total. The highest BCUT2D eigenvalue weighted by Crippen LogP contribution is 2.32. The van der Waals surface area contributed by atoms with Gasteiger partial charge in [-0.2, -0.15) is 5.10 Å². The number of hydrogen-bond donors (Lipinski definition) is 0. The average Bonchev–Trinajstić information content (AvgIpc) is 3.18. The molecule has 27 heavy (non-hydrogen) atoms. The smallest absolute Gasteiger partial charge is 0.275 e. The monoisotopic (exact) mass is 382 g/mol. The van der Waals surface area contributed by atoms with Crippen LogP contribution in [-0.4, -0.2) is 32.5 Å². The number of aromatic nitrogens is 3. The van der Waals surface area contributed by atoms with Crippen LogP contribution in [0.1, 0.15) is 53.0 Å². The number of nitrogens with zero attached hydrogens (tertiary/aromatic N) is 4. The Bertz CT molecular complexity index is 928. The number of amides is 1. The topological polar surface area (TPSA) is 72.1 Å². The molecule has 6 nitrogen and oxygen atoms in total. The molecule has 1 unspecified atom stereocenters. The lowest BCUT2D eigenvalue weighted by Gasteiger charge is -2.33. The van der Waals surface area contributed by atoms with Gasteiger partial charge < -0.3 is 9.32 Å². The van der Waals surface area contributed by atoms with Crippen LogP contribution in [0.15, 0.2) is 53.2 Å². The second-order valence-corrected chi connectivity index (χ2v) is 6.96. The molecule has 1 fully saturated rings. The van der Waals surface area contributed by atoms with E-state index in [1.165, 1.54) is 0 Å². The summed E-state index contributed by atoms with van der Waals surface area (Å²) in [6.45, 7) is 0.655. The van der Waals surface area contributed by atoms with Gasteiger partial charge in [-0.05, 0) is 43.0 Å². The number of carbonyl (C=O) groups excluding carboxylic acids is 1. The largest absolute Gasteiger partial charge is 0.443 e. The van der Waals surface area contributed by atoms with Crippen molar-refractivity contribution in [3.05, 3.63) is 76.7 Å². The molecule has 1 aromatic carbocycles. The lowest BCUT2D eigenvalue weighted by Crippen LogP contribution is -2.39. The first-order chi connectivity index (χ1) is 13.2. The fourth-order valence-corrected chi connectivity index (χ4v) is 3.58. The van der Waals surface area contributed by atoms with Crippen molar-refractivity contribution in [1.82, 2.24) is 20.1 Å². The molecule has 0 saturated carbocycles. The van der Waals surface area contributed by atoms with Crippen LogP contribution in [-0.2, 0) is 6.42 Å². The van der Waals surface area contributed by atoms with Gasteiger partial charge in [0.15, 0.2) is 5.69 Å². The predicted molar refractivity (Wildman–Crippen MR) is 100 cm³/mol. The van der Waals surface area contributed by atoms with Crippen LogP contribution >= 0.6 is 11.6 Å². The first-order valence-corrected chi connectivity index (χ1v) is 9.37. The van der Waals surface area contributed by atoms with Crippen molar-refractivity contribution in [2.75, 3.05) is 6.54 Å². The lowest BCUT2D eigenvalue weighted by atomic mass is 10.0. The van der Waals surface area contributed by atoms with E-state index in [0.717, 1.165) is 30.6 Å². The summed E-state index contributed by atoms with van der Waals surface area (Å²) in [7, 11) is 0. The van der Waals surface area contributed by atoms with Crippen molar-refractivity contribution >= 4 is 17.5 Å². The maximum absolute atomic E-state index is 12.9. The molecule has 3 heterocycles. The van der Waals surface area contributed by atoms with Crippen molar-refractivity contribution < 1.29 is 9.21 Å². The Morgan fingerprint density at radius 2 is 2.11 bits per heavy atom. The third-order valence-electron chi connectivity index (χ3n) is 4.73. The van der Waals surface area contributed by atoms with Crippen LogP contribution in [0.4, 0.5) is 0 Å². The fraction of sp³-hybridized carbons (Fsp3) is 0.300. The van der Waals surface area contributed by atoms with E-state index in [4.69, 9.17) is 16.0 Å². The summed E-state index contributed by atoms with van der Waals surface area (Å²) in [6.07, 6.45) is 6.64. The van der Waals surface area contributed by atoms with Crippen LogP contribution in [0.2, 0.25) is 5.02 Å². The Balaban J connectivity index is 1.55. The van der Waals surface area contributed by atoms with E-state index in [2.05, 4.69) is 15.2 Å². The van der Waals surface area contributed by atoms with Crippen LogP contribution in [0.25, 0.3) is 0 Å². The van der Waals surface area contributed by atoms with E-state index in [-0.39, 0.29) is 11.9 Å². The molecule has 3 aromatic rings. The summed E-state index contributed by atoms with van der Waals surface area (Å²) in [5.74, 6) is 1.16. The van der Waals surface area contributed by atoms with E-state index in [1.807, 2.05) is 24.3 Å². The third-order valence-corrected chi connectivity index (χ3v) is 5.10. The third kappa shape index (κ3) is 3.85. The van der Waals surface area contributed by atoms with E-state index < -0.39 is 0 Å². The number of likely N-dealkylation sites (tertiary alicyclic amines) is 1. The maximum atomic E-state index is 12.9. The van der Waals surface area contributed by atoms with Gasteiger partial charge in [-0.1, -0.05) is 29.8 Å². The predicted octanol–water partition coefficient (Wildman–Crippen LogP) is 4.08. The summed E-state index contributed by atoms with van der Waals surface area (Å²) in [5.41, 5.74) is 1.32. The van der Waals surface area contributed by atoms with Crippen LogP contribution < -0.4 is 0 Å². The van der Waals surface area contributed by atoms with Gasteiger partial charge in [0.1, 0.15) is 11.8 Å². The molecule has 4 rings (SSSR count). The molecular formula is C20H19ClN4O2. The van der Waals surface area contributed by atoms with Gasteiger partial charge >= 0.3 is 0 Å². The van der Waals surface area contributed by atoms with Gasteiger partial charge in [0.25, 0.3) is 5.91 Å². The number of oxazole rings is 1. The first-order valence-electron chi connectivity index (χ1n) is 8.99. The number of hydrogen-bond acceptors (Lipinski definition) is 5. The molecule has 1 atom stereocenters. The molecule has 0 bridgehead atoms. The Hall–Kier alpha value is -2.73. The minimum absolute atomic E-state index is 0.140. The first kappa shape index (κ1) is 17.7. The molecule has 1 saturated heterocycles. The Morgan fingerprint density at radius 1 is 1.22 bits per heavy atom. The van der Waals surface area contributed by atoms with Crippen molar-refractivity contribution in [3.63, 3.8) is 0 Å². The second kappa shape index (κ2) is 7.88. The zero-order chi connectivity index (χ0) is 18.6. The lowest BCUT2D eigenvalue weighted by molar-refractivity contribution is 0.0562. The van der Waals surface area contributed by atoms with Crippen molar-refractivity contribution in [3.8, 4) is 0 Å². The van der Waals surface area contributed by atoms with Crippen LogP contribution in [0.3, 0.4) is 0 Å². The molecule has 0 radical (unpaired) electrons. The quantitative estimate of drug-likeness (QED) is 0.679. The molecule has 138 valence electrons. The summed E-state index contributed by atoms with van der Waals surface area (Å²) in [4.78, 5) is 19.1. The van der Waals surface area contributed by atoms with Gasteiger partial charge in [0.2, 0.25) is 5.89 Å². The highest BCUT2D eigenvalue weighted by Gasteiger charge is 2.32. The Kier molecular flexibility index (Phi) is 5.16. The average molecular weight is 383 g/mol. The molecule has 0 aliphatic carbocycles. The van der Waals surface area contributed by atoms with E-state index >= 15 is 0 Å². The van der Waals surface area contributed by atoms with Gasteiger partial charge in [-0.25, -0.2) is 4.98 Å². The zero-order valence-electron chi connectivity index (χ0n) is 14.7. The fourth-order valence-electron chi connectivity index (χ4n) is 3.38. The number of halogens is 1. The summed E-state index contributed by atoms with van der Waals surface area (Å²) < 4.78 is 6.00. The second-order valence-electron chi connectivity index (χ2n) is 6.55. The van der Waals surface area contributed by atoms with Crippen LogP contribution in [0, 0.1) is 0 Å². The molecule has 1 aliphatic heterocycles. The van der Waals surface area contributed by atoms with E-state index in [9.17, 15) is 4.79 Å². The van der Waals surface area contributed by atoms with Crippen molar-refractivity contribution in [2.24, 2.45) is 0 Å². The molecule has 1 amide bonds.